The number of benzene rings is 1. The van der Waals surface area contributed by atoms with E-state index in [1.165, 1.54) is 37.2 Å². The van der Waals surface area contributed by atoms with Crippen LogP contribution >= 0.6 is 11.8 Å². The highest BCUT2D eigenvalue weighted by Crippen LogP contribution is 2.33. The Labute approximate surface area is 112 Å². The standard InChI is InChI=1S/C14H19NO2S/c1-2-13-14(17-10-16-13)9-11(1)5-8-18-12-3-6-15-7-4-12/h1-2,9,12,15H,3-8,10H2. The zero-order valence-corrected chi connectivity index (χ0v) is 11.3. The van der Waals surface area contributed by atoms with Crippen molar-refractivity contribution in [3.63, 3.8) is 0 Å². The van der Waals surface area contributed by atoms with Gasteiger partial charge in [-0.25, -0.2) is 0 Å². The first-order valence-corrected chi connectivity index (χ1v) is 7.67. The molecule has 98 valence electrons. The predicted molar refractivity (Wildman–Crippen MR) is 74.6 cm³/mol. The molecule has 0 amide bonds. The molecule has 1 fully saturated rings. The molecule has 3 rings (SSSR count). The van der Waals surface area contributed by atoms with Gasteiger partial charge in [0.15, 0.2) is 11.5 Å². The number of thioether (sulfide) groups is 1. The molecular formula is C14H19NO2S. The van der Waals surface area contributed by atoms with E-state index in [9.17, 15) is 0 Å². The van der Waals surface area contributed by atoms with E-state index in [0.29, 0.717) is 6.79 Å². The molecule has 1 saturated heterocycles. The molecule has 0 aromatic heterocycles. The third-order valence-electron chi connectivity index (χ3n) is 3.47. The first kappa shape index (κ1) is 12.2. The predicted octanol–water partition coefficient (Wildman–Crippen LogP) is 2.44. The molecule has 2 aliphatic rings. The average molecular weight is 265 g/mol. The summed E-state index contributed by atoms with van der Waals surface area (Å²) in [7, 11) is 0. The number of rotatable bonds is 4. The van der Waals surface area contributed by atoms with Crippen LogP contribution in [0, 0.1) is 0 Å². The fourth-order valence-corrected chi connectivity index (χ4v) is 3.66. The normalized spacial score (nSPS) is 19.1. The Kier molecular flexibility index (Phi) is 3.96. The van der Waals surface area contributed by atoms with E-state index >= 15 is 0 Å². The molecular weight excluding hydrogens is 246 g/mol. The highest BCUT2D eigenvalue weighted by molar-refractivity contribution is 7.99. The topological polar surface area (TPSA) is 30.5 Å². The summed E-state index contributed by atoms with van der Waals surface area (Å²) >= 11 is 2.11. The van der Waals surface area contributed by atoms with Crippen LogP contribution in [0.3, 0.4) is 0 Å². The molecule has 1 N–H and O–H groups in total. The van der Waals surface area contributed by atoms with Crippen LogP contribution in [-0.4, -0.2) is 30.9 Å². The summed E-state index contributed by atoms with van der Waals surface area (Å²) in [4.78, 5) is 0. The van der Waals surface area contributed by atoms with Crippen LogP contribution in [0.15, 0.2) is 18.2 Å². The minimum Gasteiger partial charge on any atom is -0.454 e. The Morgan fingerprint density at radius 3 is 2.89 bits per heavy atom. The summed E-state index contributed by atoms with van der Waals surface area (Å²) in [6, 6.07) is 6.29. The smallest absolute Gasteiger partial charge is 0.231 e. The van der Waals surface area contributed by atoms with Crippen LogP contribution in [-0.2, 0) is 6.42 Å². The lowest BCUT2D eigenvalue weighted by Gasteiger charge is -2.21. The molecule has 2 aliphatic heterocycles. The monoisotopic (exact) mass is 265 g/mol. The van der Waals surface area contributed by atoms with E-state index < -0.39 is 0 Å². The van der Waals surface area contributed by atoms with Crippen LogP contribution in [0.4, 0.5) is 0 Å². The van der Waals surface area contributed by atoms with Gasteiger partial charge in [-0.15, -0.1) is 0 Å². The van der Waals surface area contributed by atoms with Gasteiger partial charge in [-0.1, -0.05) is 6.07 Å². The maximum Gasteiger partial charge on any atom is 0.231 e. The number of piperidine rings is 1. The maximum absolute atomic E-state index is 5.40. The quantitative estimate of drug-likeness (QED) is 0.906. The van der Waals surface area contributed by atoms with Crippen molar-refractivity contribution < 1.29 is 9.47 Å². The third kappa shape index (κ3) is 2.93. The van der Waals surface area contributed by atoms with E-state index in [2.05, 4.69) is 29.2 Å². The number of aryl methyl sites for hydroxylation is 1. The number of hydrogen-bond acceptors (Lipinski definition) is 4. The second kappa shape index (κ2) is 5.85. The van der Waals surface area contributed by atoms with E-state index in [1.54, 1.807) is 0 Å². The molecule has 0 unspecified atom stereocenters. The first-order valence-electron chi connectivity index (χ1n) is 6.63. The van der Waals surface area contributed by atoms with Crippen molar-refractivity contribution in [1.29, 1.82) is 0 Å². The zero-order valence-electron chi connectivity index (χ0n) is 10.5. The van der Waals surface area contributed by atoms with Crippen LogP contribution in [0.5, 0.6) is 11.5 Å². The Bertz CT molecular complexity index is 405. The number of ether oxygens (including phenoxy) is 2. The minimum atomic E-state index is 0.364. The largest absolute Gasteiger partial charge is 0.454 e. The average Bonchev–Trinajstić information content (AvgIpc) is 2.87. The maximum atomic E-state index is 5.40. The van der Waals surface area contributed by atoms with Crippen LogP contribution < -0.4 is 14.8 Å². The van der Waals surface area contributed by atoms with Gasteiger partial charge in [0.1, 0.15) is 0 Å². The Balaban J connectivity index is 1.48. The van der Waals surface area contributed by atoms with Gasteiger partial charge in [0.25, 0.3) is 0 Å². The van der Waals surface area contributed by atoms with Crippen molar-refractivity contribution in [2.45, 2.75) is 24.5 Å². The summed E-state index contributed by atoms with van der Waals surface area (Å²) in [5.74, 6) is 2.98. The molecule has 0 aliphatic carbocycles. The molecule has 2 heterocycles. The van der Waals surface area contributed by atoms with Crippen molar-refractivity contribution in [2.24, 2.45) is 0 Å². The van der Waals surface area contributed by atoms with Gasteiger partial charge in [-0.2, -0.15) is 11.8 Å². The second-order valence-corrected chi connectivity index (χ2v) is 6.17. The van der Waals surface area contributed by atoms with Gasteiger partial charge in [0, 0.05) is 5.25 Å². The van der Waals surface area contributed by atoms with Crippen molar-refractivity contribution in [1.82, 2.24) is 5.32 Å². The lowest BCUT2D eigenvalue weighted by molar-refractivity contribution is 0.174. The Morgan fingerprint density at radius 2 is 2.00 bits per heavy atom. The van der Waals surface area contributed by atoms with Gasteiger partial charge in [0.2, 0.25) is 6.79 Å². The number of hydrogen-bond donors (Lipinski definition) is 1. The van der Waals surface area contributed by atoms with Gasteiger partial charge in [0.05, 0.1) is 0 Å². The summed E-state index contributed by atoms with van der Waals surface area (Å²) < 4.78 is 10.7. The zero-order chi connectivity index (χ0) is 12.2. The van der Waals surface area contributed by atoms with Gasteiger partial charge < -0.3 is 14.8 Å². The van der Waals surface area contributed by atoms with E-state index in [0.717, 1.165) is 23.2 Å². The van der Waals surface area contributed by atoms with Crippen LogP contribution in [0.2, 0.25) is 0 Å². The molecule has 1 aromatic carbocycles. The molecule has 0 bridgehead atoms. The molecule has 0 atom stereocenters. The lowest BCUT2D eigenvalue weighted by Crippen LogP contribution is -2.29. The van der Waals surface area contributed by atoms with Crippen molar-refractivity contribution in [2.75, 3.05) is 25.6 Å². The Hall–Kier alpha value is -0.870. The molecule has 3 nitrogen and oxygen atoms in total. The second-order valence-electron chi connectivity index (χ2n) is 4.76. The minimum absolute atomic E-state index is 0.364. The first-order chi connectivity index (χ1) is 8.92. The van der Waals surface area contributed by atoms with Crippen molar-refractivity contribution in [3.05, 3.63) is 23.8 Å². The van der Waals surface area contributed by atoms with Crippen molar-refractivity contribution in [3.8, 4) is 11.5 Å². The molecule has 0 radical (unpaired) electrons. The third-order valence-corrected chi connectivity index (χ3v) is 4.85. The molecule has 18 heavy (non-hydrogen) atoms. The molecule has 0 spiro atoms. The van der Waals surface area contributed by atoms with Gasteiger partial charge >= 0.3 is 0 Å². The van der Waals surface area contributed by atoms with Gasteiger partial charge in [-0.05, 0) is 55.8 Å². The molecule has 0 saturated carbocycles. The summed E-state index contributed by atoms with van der Waals surface area (Å²) in [6.07, 6.45) is 3.74. The highest BCUT2D eigenvalue weighted by Gasteiger charge is 2.15. The summed E-state index contributed by atoms with van der Waals surface area (Å²) in [6.45, 7) is 2.73. The summed E-state index contributed by atoms with van der Waals surface area (Å²) in [5.41, 5.74) is 1.35. The SMILES string of the molecule is c1cc2c(cc1CCSC1CCNCC1)OCO2. The fraction of sp³-hybridized carbons (Fsp3) is 0.571. The Morgan fingerprint density at radius 1 is 1.17 bits per heavy atom. The van der Waals surface area contributed by atoms with E-state index in [-0.39, 0.29) is 0 Å². The number of nitrogens with one attached hydrogen (secondary N) is 1. The van der Waals surface area contributed by atoms with Crippen LogP contribution in [0.25, 0.3) is 0 Å². The lowest BCUT2D eigenvalue weighted by atomic mass is 10.1. The highest BCUT2D eigenvalue weighted by atomic mass is 32.2. The van der Waals surface area contributed by atoms with Crippen molar-refractivity contribution >= 4 is 11.8 Å². The van der Waals surface area contributed by atoms with E-state index in [4.69, 9.17) is 9.47 Å². The molecule has 1 aromatic rings. The fourth-order valence-electron chi connectivity index (χ4n) is 2.40. The van der Waals surface area contributed by atoms with Gasteiger partial charge in [-0.3, -0.25) is 0 Å². The summed E-state index contributed by atoms with van der Waals surface area (Å²) in [5, 5.41) is 4.25. The van der Waals surface area contributed by atoms with E-state index in [1.807, 2.05) is 6.07 Å². The number of fused-ring (bicyclic) bond motifs is 1. The molecule has 4 heteroatoms. The van der Waals surface area contributed by atoms with Crippen LogP contribution in [0.1, 0.15) is 18.4 Å².